The van der Waals surface area contributed by atoms with Crippen molar-refractivity contribution in [2.45, 2.75) is 52.6 Å². The standard InChI is InChI=1S/C19H26N2/c1-4-5-14-21-15-17(10-8-9-13-20-16(2)3)18-11-6-7-12-19(18)21/h6-7,11-12,15-16,20H,8-10,13-14H2,1-3H3. The first-order valence-corrected chi connectivity index (χ1v) is 7.92. The molecule has 0 saturated heterocycles. The molecule has 0 aliphatic rings. The normalized spacial score (nSPS) is 10.9. The van der Waals surface area contributed by atoms with Crippen LogP contribution in [0.5, 0.6) is 0 Å². The predicted octanol–water partition coefficient (Wildman–Crippen LogP) is 3.99. The Morgan fingerprint density at radius 2 is 2.00 bits per heavy atom. The van der Waals surface area contributed by atoms with Crippen LogP contribution in [0, 0.1) is 11.8 Å². The molecule has 0 fully saturated rings. The molecule has 2 rings (SSSR count). The van der Waals surface area contributed by atoms with Crippen molar-refractivity contribution >= 4 is 10.9 Å². The number of aromatic nitrogens is 1. The van der Waals surface area contributed by atoms with Gasteiger partial charge in [0, 0.05) is 23.1 Å². The molecule has 1 heterocycles. The maximum Gasteiger partial charge on any atom is 0.0837 e. The summed E-state index contributed by atoms with van der Waals surface area (Å²) in [6, 6.07) is 9.24. The maximum absolute atomic E-state index is 3.48. The van der Waals surface area contributed by atoms with Gasteiger partial charge in [-0.15, -0.1) is 5.92 Å². The van der Waals surface area contributed by atoms with Gasteiger partial charge in [0.1, 0.15) is 0 Å². The number of unbranched alkanes of at least 4 members (excludes halogenated alkanes) is 1. The zero-order valence-electron chi connectivity index (χ0n) is 13.4. The second-order valence-corrected chi connectivity index (χ2v) is 5.79. The zero-order chi connectivity index (χ0) is 15.1. The molecule has 2 aromatic rings. The van der Waals surface area contributed by atoms with E-state index in [1.54, 1.807) is 0 Å². The van der Waals surface area contributed by atoms with Gasteiger partial charge < -0.3 is 9.88 Å². The molecule has 0 radical (unpaired) electrons. The Morgan fingerprint density at radius 3 is 2.76 bits per heavy atom. The highest BCUT2D eigenvalue weighted by atomic mass is 14.9. The van der Waals surface area contributed by atoms with Crippen molar-refractivity contribution in [3.05, 3.63) is 36.0 Å². The molecule has 1 N–H and O–H groups in total. The molecule has 0 amide bonds. The number of benzene rings is 1. The summed E-state index contributed by atoms with van der Waals surface area (Å²) >= 11 is 0. The van der Waals surface area contributed by atoms with Crippen LogP contribution in [-0.4, -0.2) is 17.2 Å². The fourth-order valence-corrected chi connectivity index (χ4v) is 2.65. The largest absolute Gasteiger partial charge is 0.336 e. The molecular formula is C19H26N2. The van der Waals surface area contributed by atoms with Crippen LogP contribution in [-0.2, 0) is 13.0 Å². The molecule has 0 atom stereocenters. The van der Waals surface area contributed by atoms with Gasteiger partial charge in [0.2, 0.25) is 0 Å². The molecule has 0 saturated carbocycles. The number of fused-ring (bicyclic) bond motifs is 1. The van der Waals surface area contributed by atoms with Gasteiger partial charge in [-0.1, -0.05) is 38.0 Å². The van der Waals surface area contributed by atoms with Crippen LogP contribution in [0.1, 0.15) is 39.2 Å². The highest BCUT2D eigenvalue weighted by Crippen LogP contribution is 2.22. The minimum Gasteiger partial charge on any atom is -0.336 e. The lowest BCUT2D eigenvalue weighted by Crippen LogP contribution is -2.23. The van der Waals surface area contributed by atoms with Crippen LogP contribution >= 0.6 is 0 Å². The lowest BCUT2D eigenvalue weighted by Gasteiger charge is -2.07. The van der Waals surface area contributed by atoms with Crippen LogP contribution in [0.3, 0.4) is 0 Å². The Kier molecular flexibility index (Phi) is 5.90. The smallest absolute Gasteiger partial charge is 0.0837 e. The molecule has 0 bridgehead atoms. The van der Waals surface area contributed by atoms with Crippen molar-refractivity contribution < 1.29 is 0 Å². The van der Waals surface area contributed by atoms with E-state index >= 15 is 0 Å². The Balaban J connectivity index is 2.03. The first-order chi connectivity index (χ1) is 10.2. The van der Waals surface area contributed by atoms with Crippen molar-refractivity contribution in [3.8, 4) is 11.8 Å². The number of hydrogen-bond donors (Lipinski definition) is 1. The fraction of sp³-hybridized carbons (Fsp3) is 0.474. The lowest BCUT2D eigenvalue weighted by molar-refractivity contribution is 0.558. The van der Waals surface area contributed by atoms with E-state index in [1.165, 1.54) is 29.3 Å². The summed E-state index contributed by atoms with van der Waals surface area (Å²) in [5.41, 5.74) is 2.75. The van der Waals surface area contributed by atoms with Gasteiger partial charge in [0.25, 0.3) is 0 Å². The van der Waals surface area contributed by atoms with E-state index in [0.29, 0.717) is 6.04 Å². The second-order valence-electron chi connectivity index (χ2n) is 5.79. The molecule has 21 heavy (non-hydrogen) atoms. The van der Waals surface area contributed by atoms with Crippen LogP contribution < -0.4 is 5.32 Å². The van der Waals surface area contributed by atoms with Crippen LogP contribution in [0.25, 0.3) is 10.9 Å². The number of aryl methyl sites for hydroxylation is 1. The first-order valence-electron chi connectivity index (χ1n) is 7.92. The Hall–Kier alpha value is -1.72. The molecule has 1 aromatic heterocycles. The summed E-state index contributed by atoms with van der Waals surface area (Å²) < 4.78 is 2.27. The minimum atomic E-state index is 0.583. The van der Waals surface area contributed by atoms with Crippen molar-refractivity contribution in [2.24, 2.45) is 0 Å². The number of nitrogens with zero attached hydrogens (tertiary/aromatic N) is 1. The van der Waals surface area contributed by atoms with E-state index in [2.05, 4.69) is 66.0 Å². The van der Waals surface area contributed by atoms with Gasteiger partial charge >= 0.3 is 0 Å². The molecule has 0 aliphatic carbocycles. The van der Waals surface area contributed by atoms with Gasteiger partial charge in [-0.2, -0.15) is 0 Å². The third kappa shape index (κ3) is 4.37. The Labute approximate surface area is 128 Å². The highest BCUT2D eigenvalue weighted by Gasteiger charge is 2.07. The number of nitrogens with one attached hydrogen (secondary N) is 1. The van der Waals surface area contributed by atoms with Gasteiger partial charge in [0.05, 0.1) is 6.54 Å². The SMILES string of the molecule is CC#CCn1cc(CCCCNC(C)C)c2ccccc21. The second kappa shape index (κ2) is 7.90. The van der Waals surface area contributed by atoms with Crippen LogP contribution in [0.15, 0.2) is 30.5 Å². The van der Waals surface area contributed by atoms with E-state index in [9.17, 15) is 0 Å². The Morgan fingerprint density at radius 1 is 1.19 bits per heavy atom. The molecule has 0 unspecified atom stereocenters. The van der Waals surface area contributed by atoms with E-state index in [0.717, 1.165) is 19.5 Å². The van der Waals surface area contributed by atoms with Crippen LogP contribution in [0.4, 0.5) is 0 Å². The average Bonchev–Trinajstić information content (AvgIpc) is 2.83. The van der Waals surface area contributed by atoms with Gasteiger partial charge in [-0.05, 0) is 44.4 Å². The van der Waals surface area contributed by atoms with Crippen molar-refractivity contribution in [2.75, 3.05) is 6.54 Å². The Bertz CT molecular complexity index is 626. The monoisotopic (exact) mass is 282 g/mol. The molecule has 0 spiro atoms. The summed E-state index contributed by atoms with van der Waals surface area (Å²) in [4.78, 5) is 0. The summed E-state index contributed by atoms with van der Waals surface area (Å²) in [6.45, 7) is 8.18. The van der Waals surface area contributed by atoms with E-state index in [-0.39, 0.29) is 0 Å². The third-order valence-electron chi connectivity index (χ3n) is 3.72. The van der Waals surface area contributed by atoms with Crippen molar-refractivity contribution in [1.82, 2.24) is 9.88 Å². The predicted molar refractivity (Wildman–Crippen MR) is 91.5 cm³/mol. The molecule has 112 valence electrons. The summed E-state index contributed by atoms with van der Waals surface area (Å²) in [5.74, 6) is 6.14. The number of para-hydroxylation sites is 1. The zero-order valence-corrected chi connectivity index (χ0v) is 13.4. The average molecular weight is 282 g/mol. The number of hydrogen-bond acceptors (Lipinski definition) is 1. The molecule has 0 aliphatic heterocycles. The first kappa shape index (κ1) is 15.7. The molecule has 2 nitrogen and oxygen atoms in total. The van der Waals surface area contributed by atoms with Gasteiger partial charge in [-0.25, -0.2) is 0 Å². The quantitative estimate of drug-likeness (QED) is 0.600. The van der Waals surface area contributed by atoms with E-state index < -0.39 is 0 Å². The lowest BCUT2D eigenvalue weighted by atomic mass is 10.1. The van der Waals surface area contributed by atoms with Gasteiger partial charge in [0.15, 0.2) is 0 Å². The van der Waals surface area contributed by atoms with Crippen molar-refractivity contribution in [3.63, 3.8) is 0 Å². The topological polar surface area (TPSA) is 17.0 Å². The van der Waals surface area contributed by atoms with E-state index in [4.69, 9.17) is 0 Å². The van der Waals surface area contributed by atoms with Crippen molar-refractivity contribution in [1.29, 1.82) is 0 Å². The third-order valence-corrected chi connectivity index (χ3v) is 3.72. The van der Waals surface area contributed by atoms with Gasteiger partial charge in [-0.3, -0.25) is 0 Å². The molecular weight excluding hydrogens is 256 g/mol. The molecule has 1 aromatic carbocycles. The fourth-order valence-electron chi connectivity index (χ4n) is 2.65. The highest BCUT2D eigenvalue weighted by molar-refractivity contribution is 5.84. The minimum absolute atomic E-state index is 0.583. The van der Waals surface area contributed by atoms with E-state index in [1.807, 2.05) is 6.92 Å². The maximum atomic E-state index is 3.48. The summed E-state index contributed by atoms with van der Waals surface area (Å²) in [6.07, 6.45) is 5.89. The molecule has 2 heteroatoms. The summed E-state index contributed by atoms with van der Waals surface area (Å²) in [5, 5.41) is 4.86. The summed E-state index contributed by atoms with van der Waals surface area (Å²) in [7, 11) is 0. The number of rotatable bonds is 7. The van der Waals surface area contributed by atoms with Crippen LogP contribution in [0.2, 0.25) is 0 Å².